The molecule has 1 atom stereocenters. The summed E-state index contributed by atoms with van der Waals surface area (Å²) in [7, 11) is 0. The molecule has 25 heavy (non-hydrogen) atoms. The summed E-state index contributed by atoms with van der Waals surface area (Å²) >= 11 is 3.55. The summed E-state index contributed by atoms with van der Waals surface area (Å²) in [5.74, 6) is -0.317. The molecular weight excluding hydrogens is 384 g/mol. The van der Waals surface area contributed by atoms with Gasteiger partial charge >= 0.3 is 0 Å². The number of allylic oxidation sites excluding steroid dienone is 1. The molecule has 122 valence electrons. The Morgan fingerprint density at radius 2 is 1.72 bits per heavy atom. The number of halogens is 1. The fourth-order valence-electron chi connectivity index (χ4n) is 3.45. The van der Waals surface area contributed by atoms with Crippen LogP contribution in [0.2, 0.25) is 0 Å². The molecule has 0 aromatic heterocycles. The SMILES string of the molecule is O=C1C=CC2(Oc3cccc4c(Br)ccc(c34)O2)c2cccc(O)c21. The molecule has 0 radical (unpaired) electrons. The molecule has 5 rings (SSSR count). The topological polar surface area (TPSA) is 55.8 Å². The van der Waals surface area contributed by atoms with Crippen LogP contribution in [0.15, 0.2) is 65.2 Å². The molecule has 0 fully saturated rings. The van der Waals surface area contributed by atoms with E-state index in [9.17, 15) is 9.90 Å². The van der Waals surface area contributed by atoms with E-state index in [1.807, 2.05) is 30.3 Å². The summed E-state index contributed by atoms with van der Waals surface area (Å²) in [4.78, 5) is 12.2. The minimum absolute atomic E-state index is 0.0850. The normalized spacial score (nSPS) is 20.3. The summed E-state index contributed by atoms with van der Waals surface area (Å²) in [6, 6.07) is 14.4. The number of ether oxygens (including phenoxy) is 2. The van der Waals surface area contributed by atoms with E-state index in [1.165, 1.54) is 12.1 Å². The van der Waals surface area contributed by atoms with E-state index >= 15 is 0 Å². The van der Waals surface area contributed by atoms with Crippen molar-refractivity contribution < 1.29 is 19.4 Å². The van der Waals surface area contributed by atoms with Gasteiger partial charge in [-0.15, -0.1) is 0 Å². The van der Waals surface area contributed by atoms with Gasteiger partial charge in [-0.25, -0.2) is 0 Å². The van der Waals surface area contributed by atoms with E-state index in [1.54, 1.807) is 18.2 Å². The summed E-state index contributed by atoms with van der Waals surface area (Å²) in [6.45, 7) is 0. The zero-order chi connectivity index (χ0) is 17.2. The number of ketones is 1. The molecule has 3 aromatic rings. The van der Waals surface area contributed by atoms with Crippen LogP contribution in [-0.4, -0.2) is 10.9 Å². The summed E-state index contributed by atoms with van der Waals surface area (Å²) < 4.78 is 13.4. The first kappa shape index (κ1) is 14.5. The zero-order valence-electron chi connectivity index (χ0n) is 12.8. The Labute approximate surface area is 151 Å². The molecule has 1 unspecified atom stereocenters. The van der Waals surface area contributed by atoms with Gasteiger partial charge in [0.05, 0.1) is 16.5 Å². The highest BCUT2D eigenvalue weighted by Crippen LogP contribution is 2.49. The average Bonchev–Trinajstić information content (AvgIpc) is 2.62. The van der Waals surface area contributed by atoms with Crippen LogP contribution in [0.3, 0.4) is 0 Å². The second-order valence-electron chi connectivity index (χ2n) is 5.99. The number of hydrogen-bond acceptors (Lipinski definition) is 4. The van der Waals surface area contributed by atoms with E-state index in [-0.39, 0.29) is 17.1 Å². The molecular formula is C20H11BrO4. The number of phenolic OH excluding ortho intramolecular Hbond substituents is 1. The molecule has 3 aromatic carbocycles. The maximum absolute atomic E-state index is 12.2. The lowest BCUT2D eigenvalue weighted by atomic mass is 9.89. The first-order chi connectivity index (χ1) is 12.1. The number of phenols is 1. The largest absolute Gasteiger partial charge is 0.507 e. The molecule has 0 bridgehead atoms. The Bertz CT molecular complexity index is 1090. The third kappa shape index (κ3) is 1.90. The van der Waals surface area contributed by atoms with Crippen molar-refractivity contribution in [2.75, 3.05) is 0 Å². The minimum atomic E-state index is -1.28. The molecule has 1 N–H and O–H groups in total. The molecule has 1 spiro atoms. The van der Waals surface area contributed by atoms with Gasteiger partial charge in [-0.2, -0.15) is 0 Å². The molecule has 1 aliphatic carbocycles. The average molecular weight is 395 g/mol. The molecule has 4 nitrogen and oxygen atoms in total. The van der Waals surface area contributed by atoms with Crippen LogP contribution in [0.25, 0.3) is 10.8 Å². The molecule has 0 amide bonds. The lowest BCUT2D eigenvalue weighted by molar-refractivity contribution is -0.0840. The maximum Gasteiger partial charge on any atom is 0.299 e. The number of carbonyl (C=O) groups is 1. The number of benzene rings is 3. The van der Waals surface area contributed by atoms with Crippen LogP contribution >= 0.6 is 15.9 Å². The third-order valence-electron chi connectivity index (χ3n) is 4.55. The van der Waals surface area contributed by atoms with Crippen molar-refractivity contribution in [2.24, 2.45) is 0 Å². The Morgan fingerprint density at radius 1 is 0.960 bits per heavy atom. The van der Waals surface area contributed by atoms with Crippen LogP contribution in [0.4, 0.5) is 0 Å². The van der Waals surface area contributed by atoms with E-state index in [4.69, 9.17) is 9.47 Å². The molecule has 0 saturated heterocycles. The fourth-order valence-corrected chi connectivity index (χ4v) is 3.91. The number of aromatic hydroxyl groups is 1. The van der Waals surface area contributed by atoms with Crippen LogP contribution < -0.4 is 9.47 Å². The summed E-state index contributed by atoms with van der Waals surface area (Å²) in [5.41, 5.74) is 0.698. The van der Waals surface area contributed by atoms with Gasteiger partial charge in [0.15, 0.2) is 5.78 Å². The van der Waals surface area contributed by atoms with E-state index in [0.717, 1.165) is 15.2 Å². The Morgan fingerprint density at radius 3 is 2.56 bits per heavy atom. The maximum atomic E-state index is 12.2. The lowest BCUT2D eigenvalue weighted by Gasteiger charge is -2.39. The van der Waals surface area contributed by atoms with E-state index in [2.05, 4.69) is 15.9 Å². The van der Waals surface area contributed by atoms with Crippen LogP contribution in [-0.2, 0) is 5.79 Å². The van der Waals surface area contributed by atoms with Crippen molar-refractivity contribution in [3.05, 3.63) is 76.3 Å². The van der Waals surface area contributed by atoms with Crippen molar-refractivity contribution in [1.82, 2.24) is 0 Å². The number of fused-ring (bicyclic) bond motifs is 2. The highest BCUT2D eigenvalue weighted by Gasteiger charge is 2.45. The van der Waals surface area contributed by atoms with Gasteiger partial charge < -0.3 is 14.6 Å². The summed E-state index contributed by atoms with van der Waals surface area (Å²) in [5, 5.41) is 12.0. The summed E-state index contributed by atoms with van der Waals surface area (Å²) in [6.07, 6.45) is 2.98. The van der Waals surface area contributed by atoms with E-state index in [0.29, 0.717) is 17.1 Å². The van der Waals surface area contributed by atoms with Crippen LogP contribution in [0.1, 0.15) is 15.9 Å². The standard InChI is InChI=1S/C20H11BrO4/c21-13-7-8-17-18-11(13)3-1-6-16(18)24-20(25-17)10-9-15(23)19-12(20)4-2-5-14(19)22/h1-10,22H. The van der Waals surface area contributed by atoms with Crippen molar-refractivity contribution in [1.29, 1.82) is 0 Å². The molecule has 1 heterocycles. The van der Waals surface area contributed by atoms with E-state index < -0.39 is 5.79 Å². The highest BCUT2D eigenvalue weighted by atomic mass is 79.9. The second kappa shape index (κ2) is 4.86. The Kier molecular flexibility index (Phi) is 2.83. The van der Waals surface area contributed by atoms with Crippen molar-refractivity contribution in [2.45, 2.75) is 5.79 Å². The molecule has 1 aliphatic heterocycles. The van der Waals surface area contributed by atoms with Gasteiger partial charge in [0.2, 0.25) is 0 Å². The van der Waals surface area contributed by atoms with Gasteiger partial charge in [-0.1, -0.05) is 34.1 Å². The van der Waals surface area contributed by atoms with Gasteiger partial charge in [0.25, 0.3) is 5.79 Å². The Hall–Kier alpha value is -2.79. The monoisotopic (exact) mass is 394 g/mol. The molecule has 0 saturated carbocycles. The Balaban J connectivity index is 1.79. The highest BCUT2D eigenvalue weighted by molar-refractivity contribution is 9.10. The number of hydrogen-bond donors (Lipinski definition) is 1. The zero-order valence-corrected chi connectivity index (χ0v) is 14.4. The lowest BCUT2D eigenvalue weighted by Crippen LogP contribution is -2.42. The van der Waals surface area contributed by atoms with Gasteiger partial charge in [-0.05, 0) is 36.4 Å². The third-order valence-corrected chi connectivity index (χ3v) is 5.24. The first-order valence-corrected chi connectivity index (χ1v) is 8.54. The van der Waals surface area contributed by atoms with Crippen molar-refractivity contribution in [3.8, 4) is 17.2 Å². The predicted molar refractivity (Wildman–Crippen MR) is 96.2 cm³/mol. The van der Waals surface area contributed by atoms with Gasteiger partial charge in [0.1, 0.15) is 17.2 Å². The van der Waals surface area contributed by atoms with Crippen molar-refractivity contribution in [3.63, 3.8) is 0 Å². The van der Waals surface area contributed by atoms with Crippen molar-refractivity contribution >= 4 is 32.5 Å². The number of carbonyl (C=O) groups excluding carboxylic acids is 1. The van der Waals surface area contributed by atoms with Crippen LogP contribution in [0.5, 0.6) is 17.2 Å². The molecule has 5 heteroatoms. The van der Waals surface area contributed by atoms with Gasteiger partial charge in [0, 0.05) is 15.9 Å². The number of rotatable bonds is 0. The van der Waals surface area contributed by atoms with Gasteiger partial charge in [-0.3, -0.25) is 4.79 Å². The fraction of sp³-hybridized carbons (Fsp3) is 0.0500. The predicted octanol–water partition coefficient (Wildman–Crippen LogP) is 4.68. The smallest absolute Gasteiger partial charge is 0.299 e. The first-order valence-electron chi connectivity index (χ1n) is 7.74. The minimum Gasteiger partial charge on any atom is -0.507 e. The molecule has 2 aliphatic rings. The van der Waals surface area contributed by atoms with Crippen LogP contribution in [0, 0.1) is 0 Å². The second-order valence-corrected chi connectivity index (χ2v) is 6.85. The quantitative estimate of drug-likeness (QED) is 0.601.